The first-order chi connectivity index (χ1) is 8.29. The van der Waals surface area contributed by atoms with Crippen molar-refractivity contribution in [1.29, 1.82) is 0 Å². The lowest BCUT2D eigenvalue weighted by Crippen LogP contribution is -2.54. The Balaban J connectivity index is 2.28. The third-order valence-electron chi connectivity index (χ3n) is 3.66. The van der Waals surface area contributed by atoms with Crippen LogP contribution in [0.25, 0.3) is 0 Å². The van der Waals surface area contributed by atoms with Gasteiger partial charge in [-0.2, -0.15) is 13.2 Å². The molecule has 3 unspecified atom stereocenters. The van der Waals surface area contributed by atoms with Crippen molar-refractivity contribution in [2.75, 3.05) is 0 Å². The smallest absolute Gasteiger partial charge is 0.252 e. The van der Waals surface area contributed by atoms with E-state index >= 15 is 0 Å². The summed E-state index contributed by atoms with van der Waals surface area (Å²) in [6.45, 7) is 6.31. The van der Waals surface area contributed by atoms with Crippen molar-refractivity contribution in [3.63, 3.8) is 0 Å². The predicted octanol–water partition coefficient (Wildman–Crippen LogP) is 3.88. The number of halogens is 3. The first-order valence-electron chi connectivity index (χ1n) is 6.91. The lowest BCUT2D eigenvalue weighted by molar-refractivity contribution is -0.136. The monoisotopic (exact) mass is 266 g/mol. The van der Waals surface area contributed by atoms with Gasteiger partial charge >= 0.3 is 6.18 Å². The van der Waals surface area contributed by atoms with Crippen LogP contribution in [-0.4, -0.2) is 29.3 Å². The molecule has 0 aromatic rings. The number of nitrogens with one attached hydrogen (secondary N) is 1. The van der Waals surface area contributed by atoms with E-state index in [-0.39, 0.29) is 12.5 Å². The van der Waals surface area contributed by atoms with Crippen LogP contribution in [0, 0.1) is 0 Å². The summed E-state index contributed by atoms with van der Waals surface area (Å²) in [6.07, 6.45) is -0.374. The van der Waals surface area contributed by atoms with Gasteiger partial charge in [-0.05, 0) is 46.5 Å². The maximum Gasteiger partial charge on any atom is 0.389 e. The topological polar surface area (TPSA) is 15.3 Å². The lowest BCUT2D eigenvalue weighted by atomic mass is 9.99. The molecular formula is C13H25F3N2. The molecule has 0 aromatic carbocycles. The molecule has 1 fully saturated rings. The van der Waals surface area contributed by atoms with Crippen molar-refractivity contribution in [2.24, 2.45) is 0 Å². The Morgan fingerprint density at radius 2 is 1.78 bits per heavy atom. The summed E-state index contributed by atoms with van der Waals surface area (Å²) in [5.41, 5.74) is 3.37. The molecule has 5 heteroatoms. The van der Waals surface area contributed by atoms with Crippen molar-refractivity contribution < 1.29 is 13.2 Å². The fraction of sp³-hybridized carbons (Fsp3) is 1.00. The molecule has 1 aliphatic rings. The van der Waals surface area contributed by atoms with E-state index in [0.29, 0.717) is 18.5 Å². The van der Waals surface area contributed by atoms with E-state index in [1.807, 2.05) is 6.92 Å². The van der Waals surface area contributed by atoms with Gasteiger partial charge in [0.25, 0.3) is 0 Å². The number of nitrogens with zero attached hydrogens (tertiary/aromatic N) is 1. The molecule has 0 radical (unpaired) electrons. The number of piperidine rings is 1. The van der Waals surface area contributed by atoms with Crippen molar-refractivity contribution >= 4 is 0 Å². The Labute approximate surface area is 108 Å². The highest BCUT2D eigenvalue weighted by molar-refractivity contribution is 4.78. The molecule has 0 aromatic heterocycles. The quantitative estimate of drug-likeness (QED) is 0.812. The Bertz CT molecular complexity index is 233. The first kappa shape index (κ1) is 15.8. The normalized spacial score (nSPS) is 28.3. The van der Waals surface area contributed by atoms with Gasteiger partial charge in [-0.3, -0.25) is 5.43 Å². The maximum absolute atomic E-state index is 12.1. The molecule has 3 atom stereocenters. The average Bonchev–Trinajstić information content (AvgIpc) is 2.22. The molecule has 1 saturated heterocycles. The molecule has 0 amide bonds. The van der Waals surface area contributed by atoms with Crippen molar-refractivity contribution in [1.82, 2.24) is 10.4 Å². The molecular weight excluding hydrogens is 241 g/mol. The van der Waals surface area contributed by atoms with Gasteiger partial charge in [-0.1, -0.05) is 6.42 Å². The van der Waals surface area contributed by atoms with Crippen molar-refractivity contribution in [2.45, 2.75) is 83.6 Å². The predicted molar refractivity (Wildman–Crippen MR) is 67.1 cm³/mol. The van der Waals surface area contributed by atoms with Gasteiger partial charge in [-0.15, -0.1) is 0 Å². The Kier molecular flexibility index (Phi) is 5.92. The summed E-state index contributed by atoms with van der Waals surface area (Å²) in [5.74, 6) is 0. The highest BCUT2D eigenvalue weighted by Crippen LogP contribution is 2.24. The van der Waals surface area contributed by atoms with Crippen LogP contribution in [0.1, 0.15) is 59.3 Å². The largest absolute Gasteiger partial charge is 0.389 e. The SMILES string of the molecule is CC(CCCC(F)(F)F)NN1C(C)CCCC1C. The van der Waals surface area contributed by atoms with E-state index in [1.54, 1.807) is 0 Å². The Hall–Kier alpha value is -0.290. The van der Waals surface area contributed by atoms with Crippen LogP contribution in [-0.2, 0) is 0 Å². The second-order valence-electron chi connectivity index (χ2n) is 5.57. The summed E-state index contributed by atoms with van der Waals surface area (Å²) in [5, 5.41) is 2.22. The van der Waals surface area contributed by atoms with E-state index in [1.165, 1.54) is 6.42 Å². The summed E-state index contributed by atoms with van der Waals surface area (Å²) in [7, 11) is 0. The first-order valence-corrected chi connectivity index (χ1v) is 6.91. The molecule has 1 rings (SSSR count). The third kappa shape index (κ3) is 5.57. The zero-order valence-electron chi connectivity index (χ0n) is 11.6. The van der Waals surface area contributed by atoms with E-state index in [9.17, 15) is 13.2 Å². The second kappa shape index (κ2) is 6.75. The highest BCUT2D eigenvalue weighted by Gasteiger charge is 2.28. The Morgan fingerprint density at radius 3 is 2.28 bits per heavy atom. The minimum atomic E-state index is -4.02. The summed E-state index contributed by atoms with van der Waals surface area (Å²) >= 11 is 0. The molecule has 2 nitrogen and oxygen atoms in total. The van der Waals surface area contributed by atoms with Gasteiger partial charge in [0.2, 0.25) is 0 Å². The van der Waals surface area contributed by atoms with Gasteiger partial charge in [-0.25, -0.2) is 5.01 Å². The number of hydrogen-bond acceptors (Lipinski definition) is 2. The summed E-state index contributed by atoms with van der Waals surface area (Å²) in [4.78, 5) is 0. The van der Waals surface area contributed by atoms with Gasteiger partial charge in [0.15, 0.2) is 0 Å². The summed E-state index contributed by atoms with van der Waals surface area (Å²) in [6, 6.07) is 1.05. The van der Waals surface area contributed by atoms with Crippen LogP contribution in [0.15, 0.2) is 0 Å². The van der Waals surface area contributed by atoms with Gasteiger partial charge in [0.05, 0.1) is 0 Å². The lowest BCUT2D eigenvalue weighted by Gasteiger charge is -2.41. The number of rotatable bonds is 5. The van der Waals surface area contributed by atoms with Gasteiger partial charge < -0.3 is 0 Å². The van der Waals surface area contributed by atoms with Gasteiger partial charge in [0, 0.05) is 24.5 Å². The minimum absolute atomic E-state index is 0.107. The average molecular weight is 266 g/mol. The van der Waals surface area contributed by atoms with Crippen LogP contribution >= 0.6 is 0 Å². The zero-order chi connectivity index (χ0) is 13.8. The molecule has 108 valence electrons. The molecule has 0 aliphatic carbocycles. The van der Waals surface area contributed by atoms with Crippen LogP contribution in [0.5, 0.6) is 0 Å². The highest BCUT2D eigenvalue weighted by atomic mass is 19.4. The molecule has 0 bridgehead atoms. The molecule has 0 saturated carbocycles. The standard InChI is InChI=1S/C13H25F3N2/c1-10(6-5-9-13(14,15)16)17-18-11(2)7-4-8-12(18)3/h10-12,17H,4-9H2,1-3H3. The minimum Gasteiger partial charge on any atom is -0.252 e. The third-order valence-corrected chi connectivity index (χ3v) is 3.66. The fourth-order valence-corrected chi connectivity index (χ4v) is 2.60. The van der Waals surface area contributed by atoms with E-state index in [0.717, 1.165) is 12.8 Å². The van der Waals surface area contributed by atoms with Crippen LogP contribution in [0.4, 0.5) is 13.2 Å². The van der Waals surface area contributed by atoms with Crippen molar-refractivity contribution in [3.05, 3.63) is 0 Å². The number of alkyl halides is 3. The van der Waals surface area contributed by atoms with Crippen LogP contribution < -0.4 is 5.43 Å². The molecule has 0 spiro atoms. The molecule has 1 aliphatic heterocycles. The zero-order valence-corrected chi connectivity index (χ0v) is 11.6. The summed E-state index contributed by atoms with van der Waals surface area (Å²) < 4.78 is 36.2. The molecule has 18 heavy (non-hydrogen) atoms. The Morgan fingerprint density at radius 1 is 1.22 bits per heavy atom. The van der Waals surface area contributed by atoms with Gasteiger partial charge in [0.1, 0.15) is 0 Å². The van der Waals surface area contributed by atoms with Crippen molar-refractivity contribution in [3.8, 4) is 0 Å². The van der Waals surface area contributed by atoms with E-state index < -0.39 is 12.6 Å². The number of hydrazine groups is 1. The number of hydrogen-bond donors (Lipinski definition) is 1. The molecule has 1 heterocycles. The van der Waals surface area contributed by atoms with E-state index in [2.05, 4.69) is 24.3 Å². The van der Waals surface area contributed by atoms with E-state index in [4.69, 9.17) is 0 Å². The van der Waals surface area contributed by atoms with Crippen LogP contribution in [0.2, 0.25) is 0 Å². The fourth-order valence-electron chi connectivity index (χ4n) is 2.60. The maximum atomic E-state index is 12.1. The second-order valence-corrected chi connectivity index (χ2v) is 5.57. The molecule has 1 N–H and O–H groups in total. The van der Waals surface area contributed by atoms with Crippen LogP contribution in [0.3, 0.4) is 0 Å².